The number of ether oxygens (including phenoxy) is 1. The topological polar surface area (TPSA) is 105 Å². The Hall–Kier alpha value is -3.35. The third-order valence-corrected chi connectivity index (χ3v) is 3.96. The lowest BCUT2D eigenvalue weighted by Crippen LogP contribution is -2.25. The molecule has 0 heterocycles. The van der Waals surface area contributed by atoms with Gasteiger partial charge in [0.05, 0.1) is 13.5 Å². The van der Waals surface area contributed by atoms with Crippen LogP contribution in [0.5, 0.6) is 5.75 Å². The van der Waals surface area contributed by atoms with Gasteiger partial charge in [-0.15, -0.1) is 0 Å². The zero-order chi connectivity index (χ0) is 20.0. The number of amides is 2. The van der Waals surface area contributed by atoms with E-state index >= 15 is 0 Å². The number of carboxylic acids is 1. The number of nitrogens with one attached hydrogen (secondary N) is 2. The lowest BCUT2D eigenvalue weighted by Gasteiger charge is -2.12. The average molecular weight is 370 g/mol. The summed E-state index contributed by atoms with van der Waals surface area (Å²) in [4.78, 5) is 34.8. The van der Waals surface area contributed by atoms with Crippen molar-refractivity contribution in [1.82, 2.24) is 5.32 Å². The van der Waals surface area contributed by atoms with E-state index in [-0.39, 0.29) is 24.8 Å². The first-order valence-corrected chi connectivity index (χ1v) is 8.38. The van der Waals surface area contributed by atoms with Gasteiger partial charge in [-0.3, -0.25) is 14.4 Å². The molecule has 0 aliphatic heterocycles. The minimum Gasteiger partial charge on any atom is -0.496 e. The molecule has 142 valence electrons. The molecular formula is C20H22N2O5. The molecule has 2 amide bonds. The van der Waals surface area contributed by atoms with Crippen molar-refractivity contribution >= 4 is 23.5 Å². The Labute approximate surface area is 157 Å². The molecular weight excluding hydrogens is 348 g/mol. The molecule has 0 saturated heterocycles. The lowest BCUT2D eigenvalue weighted by molar-refractivity contribution is -0.136. The Kier molecular flexibility index (Phi) is 6.54. The second kappa shape index (κ2) is 8.84. The number of carbonyl (C=O) groups is 3. The first-order valence-electron chi connectivity index (χ1n) is 8.38. The zero-order valence-electron chi connectivity index (χ0n) is 15.5. The van der Waals surface area contributed by atoms with Crippen molar-refractivity contribution < 1.29 is 24.2 Å². The fourth-order valence-corrected chi connectivity index (χ4v) is 2.70. The predicted octanol–water partition coefficient (Wildman–Crippen LogP) is 2.77. The molecule has 0 atom stereocenters. The molecule has 0 bridgehead atoms. The van der Waals surface area contributed by atoms with Crippen molar-refractivity contribution in [3.8, 4) is 5.75 Å². The third-order valence-electron chi connectivity index (χ3n) is 3.96. The highest BCUT2D eigenvalue weighted by Gasteiger charge is 2.12. The standard InChI is InChI=1S/C20H22N2O5/c1-12-10-15(11-13(2)18(12)27-3)20(26)22-16-6-4-14(5-7-16)19(25)21-9-8-17(23)24/h4-7,10-11H,8-9H2,1-3H3,(H,21,25)(H,22,26)(H,23,24). The van der Waals surface area contributed by atoms with Crippen LogP contribution < -0.4 is 15.4 Å². The Morgan fingerprint density at radius 3 is 2.07 bits per heavy atom. The number of carbonyl (C=O) groups excluding carboxylic acids is 2. The first-order chi connectivity index (χ1) is 12.8. The van der Waals surface area contributed by atoms with Crippen LogP contribution in [-0.4, -0.2) is 36.5 Å². The molecule has 7 heteroatoms. The van der Waals surface area contributed by atoms with Crippen LogP contribution in [0.4, 0.5) is 5.69 Å². The predicted molar refractivity (Wildman–Crippen MR) is 101 cm³/mol. The van der Waals surface area contributed by atoms with Crippen molar-refractivity contribution in [2.75, 3.05) is 19.0 Å². The van der Waals surface area contributed by atoms with Gasteiger partial charge in [0.25, 0.3) is 11.8 Å². The molecule has 27 heavy (non-hydrogen) atoms. The van der Waals surface area contributed by atoms with Crippen molar-refractivity contribution in [3.05, 3.63) is 58.7 Å². The van der Waals surface area contributed by atoms with Crippen LogP contribution in [0, 0.1) is 13.8 Å². The van der Waals surface area contributed by atoms with Gasteiger partial charge in [-0.1, -0.05) is 0 Å². The van der Waals surface area contributed by atoms with Gasteiger partial charge in [-0.05, 0) is 61.4 Å². The normalized spacial score (nSPS) is 10.2. The zero-order valence-corrected chi connectivity index (χ0v) is 15.5. The van der Waals surface area contributed by atoms with E-state index in [1.165, 1.54) is 0 Å². The molecule has 7 nitrogen and oxygen atoms in total. The van der Waals surface area contributed by atoms with E-state index in [0.29, 0.717) is 16.8 Å². The monoisotopic (exact) mass is 370 g/mol. The van der Waals surface area contributed by atoms with Gasteiger partial charge in [-0.2, -0.15) is 0 Å². The van der Waals surface area contributed by atoms with Crippen LogP contribution in [0.2, 0.25) is 0 Å². The Balaban J connectivity index is 2.03. The van der Waals surface area contributed by atoms with Crippen molar-refractivity contribution in [2.24, 2.45) is 0 Å². The highest BCUT2D eigenvalue weighted by atomic mass is 16.5. The molecule has 0 aliphatic rings. The quantitative estimate of drug-likeness (QED) is 0.695. The van der Waals surface area contributed by atoms with Gasteiger partial charge in [0.1, 0.15) is 5.75 Å². The Morgan fingerprint density at radius 2 is 1.56 bits per heavy atom. The maximum atomic E-state index is 12.5. The van der Waals surface area contributed by atoms with E-state index in [1.807, 2.05) is 13.8 Å². The van der Waals surface area contributed by atoms with Crippen LogP contribution in [-0.2, 0) is 4.79 Å². The highest BCUT2D eigenvalue weighted by Crippen LogP contribution is 2.24. The van der Waals surface area contributed by atoms with Gasteiger partial charge < -0.3 is 20.5 Å². The SMILES string of the molecule is COc1c(C)cc(C(=O)Nc2ccc(C(=O)NCCC(=O)O)cc2)cc1C. The van der Waals surface area contributed by atoms with Gasteiger partial charge >= 0.3 is 5.97 Å². The largest absolute Gasteiger partial charge is 0.496 e. The summed E-state index contributed by atoms with van der Waals surface area (Å²) in [6.07, 6.45) is -0.138. The minimum absolute atomic E-state index is 0.0584. The molecule has 2 rings (SSSR count). The van der Waals surface area contributed by atoms with E-state index in [0.717, 1.165) is 16.9 Å². The van der Waals surface area contributed by atoms with Gasteiger partial charge in [-0.25, -0.2) is 0 Å². The summed E-state index contributed by atoms with van der Waals surface area (Å²) in [6, 6.07) is 9.88. The first kappa shape index (κ1) is 20.0. The maximum Gasteiger partial charge on any atom is 0.305 e. The summed E-state index contributed by atoms with van der Waals surface area (Å²) in [6.45, 7) is 3.81. The number of aliphatic carboxylic acids is 1. The van der Waals surface area contributed by atoms with Crippen LogP contribution in [0.15, 0.2) is 36.4 Å². The number of benzene rings is 2. The second-order valence-electron chi connectivity index (χ2n) is 6.07. The molecule has 2 aromatic carbocycles. The van der Waals surface area contributed by atoms with Crippen LogP contribution >= 0.6 is 0 Å². The fraction of sp³-hybridized carbons (Fsp3) is 0.250. The molecule has 0 unspecified atom stereocenters. The summed E-state index contributed by atoms with van der Waals surface area (Å²) < 4.78 is 5.30. The average Bonchev–Trinajstić information content (AvgIpc) is 2.61. The van der Waals surface area contributed by atoms with Gasteiger partial charge in [0.2, 0.25) is 0 Å². The smallest absolute Gasteiger partial charge is 0.305 e. The second-order valence-corrected chi connectivity index (χ2v) is 6.07. The minimum atomic E-state index is -0.975. The molecule has 0 saturated carbocycles. The summed E-state index contributed by atoms with van der Waals surface area (Å²) >= 11 is 0. The van der Waals surface area contributed by atoms with Gasteiger partial charge in [0, 0.05) is 23.4 Å². The Morgan fingerprint density at radius 1 is 0.963 bits per heavy atom. The lowest BCUT2D eigenvalue weighted by atomic mass is 10.0. The van der Waals surface area contributed by atoms with E-state index in [9.17, 15) is 14.4 Å². The number of rotatable bonds is 7. The summed E-state index contributed by atoms with van der Waals surface area (Å²) in [5.41, 5.74) is 3.19. The highest BCUT2D eigenvalue weighted by molar-refractivity contribution is 6.05. The number of hydrogen-bond donors (Lipinski definition) is 3. The number of anilines is 1. The summed E-state index contributed by atoms with van der Waals surface area (Å²) in [5, 5.41) is 13.9. The van der Waals surface area contributed by atoms with Crippen molar-refractivity contribution in [2.45, 2.75) is 20.3 Å². The molecule has 0 aromatic heterocycles. The maximum absolute atomic E-state index is 12.5. The number of aryl methyl sites for hydroxylation is 2. The molecule has 0 spiro atoms. The molecule has 2 aromatic rings. The Bertz CT molecular complexity index is 836. The molecule has 0 radical (unpaired) electrons. The van der Waals surface area contributed by atoms with Crippen LogP contribution in [0.1, 0.15) is 38.3 Å². The van der Waals surface area contributed by atoms with Gasteiger partial charge in [0.15, 0.2) is 0 Å². The summed E-state index contributed by atoms with van der Waals surface area (Å²) in [7, 11) is 1.59. The molecule has 3 N–H and O–H groups in total. The van der Waals surface area contributed by atoms with Crippen molar-refractivity contribution in [3.63, 3.8) is 0 Å². The van der Waals surface area contributed by atoms with E-state index in [4.69, 9.17) is 9.84 Å². The third kappa shape index (κ3) is 5.31. The summed E-state index contributed by atoms with van der Waals surface area (Å²) in [5.74, 6) is -0.847. The number of carboxylic acid groups (broad SMARTS) is 1. The van der Waals surface area contributed by atoms with E-state index in [1.54, 1.807) is 43.5 Å². The molecule has 0 aliphatic carbocycles. The van der Waals surface area contributed by atoms with Crippen LogP contribution in [0.3, 0.4) is 0 Å². The fourth-order valence-electron chi connectivity index (χ4n) is 2.70. The molecule has 0 fully saturated rings. The van der Waals surface area contributed by atoms with E-state index in [2.05, 4.69) is 10.6 Å². The van der Waals surface area contributed by atoms with Crippen molar-refractivity contribution in [1.29, 1.82) is 0 Å². The number of methoxy groups -OCH3 is 1. The number of hydrogen-bond acceptors (Lipinski definition) is 4. The van der Waals surface area contributed by atoms with Crippen LogP contribution in [0.25, 0.3) is 0 Å². The van der Waals surface area contributed by atoms with E-state index < -0.39 is 5.97 Å².